The van der Waals surface area contributed by atoms with E-state index < -0.39 is 10.2 Å². The first-order chi connectivity index (χ1) is 14.4. The molecular weight excluding hydrogens is 396 g/mol. The van der Waals surface area contributed by atoms with Crippen molar-refractivity contribution < 1.29 is 8.42 Å². The SMILES string of the molecule is CN(C)S(=O)(=O)Nc1cccc(-c2cnn(-c3ccc(-c4ccccc4)cc3)c2)c1. The van der Waals surface area contributed by atoms with Gasteiger partial charge in [-0.3, -0.25) is 4.72 Å². The highest BCUT2D eigenvalue weighted by molar-refractivity contribution is 7.90. The Bertz CT molecular complexity index is 1250. The maximum atomic E-state index is 12.1. The molecule has 0 atom stereocenters. The Morgan fingerprint density at radius 2 is 1.47 bits per heavy atom. The lowest BCUT2D eigenvalue weighted by Gasteiger charge is -2.13. The van der Waals surface area contributed by atoms with Gasteiger partial charge in [-0.15, -0.1) is 0 Å². The zero-order valence-corrected chi connectivity index (χ0v) is 17.5. The van der Waals surface area contributed by atoms with Crippen molar-refractivity contribution in [2.45, 2.75) is 0 Å². The van der Waals surface area contributed by atoms with E-state index in [2.05, 4.69) is 34.1 Å². The van der Waals surface area contributed by atoms with Crippen molar-refractivity contribution >= 4 is 15.9 Å². The van der Waals surface area contributed by atoms with Gasteiger partial charge in [0.25, 0.3) is 0 Å². The Kier molecular flexibility index (Phi) is 5.39. The van der Waals surface area contributed by atoms with Crippen LogP contribution in [0, 0.1) is 0 Å². The second kappa shape index (κ2) is 8.14. The minimum absolute atomic E-state index is 0.501. The van der Waals surface area contributed by atoms with Crippen LogP contribution in [0.4, 0.5) is 5.69 Å². The molecule has 3 aromatic carbocycles. The van der Waals surface area contributed by atoms with Crippen LogP contribution < -0.4 is 4.72 Å². The van der Waals surface area contributed by atoms with E-state index >= 15 is 0 Å². The van der Waals surface area contributed by atoms with Crippen LogP contribution >= 0.6 is 0 Å². The predicted octanol–water partition coefficient (Wildman–Crippen LogP) is 4.42. The summed E-state index contributed by atoms with van der Waals surface area (Å²) in [5, 5.41) is 4.47. The lowest BCUT2D eigenvalue weighted by atomic mass is 10.1. The molecule has 0 radical (unpaired) electrons. The topological polar surface area (TPSA) is 67.2 Å². The van der Waals surface area contributed by atoms with Crippen molar-refractivity contribution in [2.24, 2.45) is 0 Å². The zero-order valence-electron chi connectivity index (χ0n) is 16.7. The molecule has 0 unspecified atom stereocenters. The predicted molar refractivity (Wildman–Crippen MR) is 121 cm³/mol. The average Bonchev–Trinajstić information content (AvgIpc) is 3.25. The van der Waals surface area contributed by atoms with Crippen molar-refractivity contribution in [3.63, 3.8) is 0 Å². The Labute approximate surface area is 176 Å². The van der Waals surface area contributed by atoms with Crippen LogP contribution in [-0.2, 0) is 10.2 Å². The highest BCUT2D eigenvalue weighted by Gasteiger charge is 2.13. The van der Waals surface area contributed by atoms with E-state index in [9.17, 15) is 8.42 Å². The van der Waals surface area contributed by atoms with Gasteiger partial charge in [0, 0.05) is 25.9 Å². The van der Waals surface area contributed by atoms with Gasteiger partial charge in [-0.25, -0.2) is 4.68 Å². The molecule has 152 valence electrons. The van der Waals surface area contributed by atoms with E-state index in [1.807, 2.05) is 48.7 Å². The Balaban J connectivity index is 1.57. The minimum Gasteiger partial charge on any atom is -0.271 e. The number of hydrogen-bond acceptors (Lipinski definition) is 3. The average molecular weight is 419 g/mol. The van der Waals surface area contributed by atoms with Crippen LogP contribution in [0.5, 0.6) is 0 Å². The summed E-state index contributed by atoms with van der Waals surface area (Å²) in [5.41, 5.74) is 5.54. The molecular formula is C23H22N4O2S. The molecule has 0 fully saturated rings. The molecule has 30 heavy (non-hydrogen) atoms. The van der Waals surface area contributed by atoms with Gasteiger partial charge in [0.05, 0.1) is 17.6 Å². The number of hydrogen-bond donors (Lipinski definition) is 1. The largest absolute Gasteiger partial charge is 0.301 e. The maximum absolute atomic E-state index is 12.1. The molecule has 0 spiro atoms. The third-order valence-corrected chi connectivity index (χ3v) is 6.20. The zero-order chi connectivity index (χ0) is 21.1. The quantitative estimate of drug-likeness (QED) is 0.504. The monoisotopic (exact) mass is 418 g/mol. The summed E-state index contributed by atoms with van der Waals surface area (Å²) in [7, 11) is -0.582. The van der Waals surface area contributed by atoms with Crippen molar-refractivity contribution in [1.82, 2.24) is 14.1 Å². The number of rotatable bonds is 6. The fraction of sp³-hybridized carbons (Fsp3) is 0.0870. The molecule has 0 aliphatic carbocycles. The van der Waals surface area contributed by atoms with Crippen molar-refractivity contribution in [3.8, 4) is 27.9 Å². The van der Waals surface area contributed by atoms with Crippen LogP contribution in [0.1, 0.15) is 0 Å². The minimum atomic E-state index is -3.55. The fourth-order valence-electron chi connectivity index (χ4n) is 3.05. The van der Waals surface area contributed by atoms with E-state index in [-0.39, 0.29) is 0 Å². The van der Waals surface area contributed by atoms with Gasteiger partial charge in [0.2, 0.25) is 0 Å². The van der Waals surface area contributed by atoms with Crippen LogP contribution in [0.25, 0.3) is 27.9 Å². The maximum Gasteiger partial charge on any atom is 0.301 e. The van der Waals surface area contributed by atoms with Crippen LogP contribution in [0.15, 0.2) is 91.3 Å². The molecule has 0 amide bonds. The molecule has 0 aliphatic rings. The summed E-state index contributed by atoms with van der Waals surface area (Å²) in [4.78, 5) is 0. The number of aromatic nitrogens is 2. The van der Waals surface area contributed by atoms with Gasteiger partial charge < -0.3 is 0 Å². The summed E-state index contributed by atoms with van der Waals surface area (Å²) in [6.45, 7) is 0. The van der Waals surface area contributed by atoms with E-state index in [0.29, 0.717) is 5.69 Å². The van der Waals surface area contributed by atoms with Gasteiger partial charge in [0.1, 0.15) is 0 Å². The molecule has 0 saturated heterocycles. The second-order valence-electron chi connectivity index (χ2n) is 7.06. The van der Waals surface area contributed by atoms with Gasteiger partial charge >= 0.3 is 10.2 Å². The lowest BCUT2D eigenvalue weighted by molar-refractivity contribution is 0.527. The normalized spacial score (nSPS) is 11.6. The van der Waals surface area contributed by atoms with E-state index in [1.165, 1.54) is 19.7 Å². The first kappa shape index (κ1) is 19.9. The summed E-state index contributed by atoms with van der Waals surface area (Å²) in [6, 6.07) is 25.7. The first-order valence-electron chi connectivity index (χ1n) is 9.44. The van der Waals surface area contributed by atoms with Gasteiger partial charge in [0.15, 0.2) is 0 Å². The number of nitrogens with zero attached hydrogens (tertiary/aromatic N) is 3. The number of anilines is 1. The molecule has 1 heterocycles. The fourth-order valence-corrected chi connectivity index (χ4v) is 3.66. The van der Waals surface area contributed by atoms with Gasteiger partial charge in [-0.05, 0) is 41.0 Å². The smallest absolute Gasteiger partial charge is 0.271 e. The molecule has 7 heteroatoms. The second-order valence-corrected chi connectivity index (χ2v) is 8.94. The number of nitrogens with one attached hydrogen (secondary N) is 1. The Hall–Kier alpha value is -3.42. The molecule has 0 bridgehead atoms. The standard InChI is InChI=1S/C23H22N4O2S/c1-26(2)30(28,29)25-22-10-6-9-20(15-22)21-16-24-27(17-21)23-13-11-19(12-14-23)18-7-4-3-5-8-18/h3-17,25H,1-2H3. The van der Waals surface area contributed by atoms with Crippen molar-refractivity contribution in [2.75, 3.05) is 18.8 Å². The Morgan fingerprint density at radius 1 is 0.800 bits per heavy atom. The molecule has 0 aliphatic heterocycles. The van der Waals surface area contributed by atoms with E-state index in [1.54, 1.807) is 23.0 Å². The van der Waals surface area contributed by atoms with E-state index in [0.717, 1.165) is 26.7 Å². The van der Waals surface area contributed by atoms with Crippen LogP contribution in [0.2, 0.25) is 0 Å². The first-order valence-corrected chi connectivity index (χ1v) is 10.9. The summed E-state index contributed by atoms with van der Waals surface area (Å²) in [5.74, 6) is 0. The highest BCUT2D eigenvalue weighted by Crippen LogP contribution is 2.25. The molecule has 0 saturated carbocycles. The molecule has 4 aromatic rings. The van der Waals surface area contributed by atoms with E-state index in [4.69, 9.17) is 0 Å². The summed E-state index contributed by atoms with van der Waals surface area (Å²) >= 11 is 0. The summed E-state index contributed by atoms with van der Waals surface area (Å²) in [6.07, 6.45) is 3.70. The highest BCUT2D eigenvalue weighted by atomic mass is 32.2. The Morgan fingerprint density at radius 3 is 2.17 bits per heavy atom. The van der Waals surface area contributed by atoms with Crippen molar-refractivity contribution in [1.29, 1.82) is 0 Å². The molecule has 1 N–H and O–H groups in total. The molecule has 1 aromatic heterocycles. The van der Waals surface area contributed by atoms with Gasteiger partial charge in [-0.1, -0.05) is 54.6 Å². The van der Waals surface area contributed by atoms with Crippen LogP contribution in [-0.4, -0.2) is 36.6 Å². The van der Waals surface area contributed by atoms with Gasteiger partial charge in [-0.2, -0.15) is 17.8 Å². The van der Waals surface area contributed by atoms with Crippen LogP contribution in [0.3, 0.4) is 0 Å². The molecule has 4 rings (SSSR count). The third kappa shape index (κ3) is 4.27. The number of benzene rings is 3. The third-order valence-electron chi connectivity index (χ3n) is 4.75. The van der Waals surface area contributed by atoms with Crippen molar-refractivity contribution in [3.05, 3.63) is 91.3 Å². The lowest BCUT2D eigenvalue weighted by Crippen LogP contribution is -2.28. The summed E-state index contributed by atoms with van der Waals surface area (Å²) < 4.78 is 29.6. The molecule has 6 nitrogen and oxygen atoms in total.